The summed E-state index contributed by atoms with van der Waals surface area (Å²) in [5, 5.41) is 0. The zero-order valence-corrected chi connectivity index (χ0v) is 33.7. The first-order chi connectivity index (χ1) is 26.1. The molecule has 0 unspecified atom stereocenters. The Morgan fingerprint density at radius 2 is 0.604 bits per heavy atom. The lowest BCUT2D eigenvalue weighted by Crippen LogP contribution is -2.74. The van der Waals surface area contributed by atoms with Gasteiger partial charge in [-0.25, -0.2) is 0 Å². The van der Waals surface area contributed by atoms with Gasteiger partial charge in [0, 0.05) is 5.56 Å². The molecule has 0 fully saturated rings. The molecule has 0 spiro atoms. The first kappa shape index (κ1) is 41.9. The van der Waals surface area contributed by atoms with Crippen molar-refractivity contribution in [2.24, 2.45) is 0 Å². The molecule has 0 aliphatic heterocycles. The average molecular weight is 708 g/mol. The Morgan fingerprint density at radius 3 is 0.906 bits per heavy atom. The summed E-state index contributed by atoms with van der Waals surface area (Å²) in [5.41, 5.74) is 6.82. The summed E-state index contributed by atoms with van der Waals surface area (Å²) in [6.07, 6.45) is 21.9. The van der Waals surface area contributed by atoms with Crippen LogP contribution in [0.4, 0.5) is 0 Å². The highest BCUT2D eigenvalue weighted by Crippen LogP contribution is 2.16. The normalized spacial score (nSPS) is 11.5. The first-order valence-corrected chi connectivity index (χ1v) is 21.3. The molecular weight excluding hydrogens is 637 g/mol. The van der Waals surface area contributed by atoms with Crippen molar-refractivity contribution >= 4 is 28.0 Å². The Labute approximate surface area is 325 Å². The van der Waals surface area contributed by atoms with Crippen molar-refractivity contribution in [3.05, 3.63) is 157 Å². The van der Waals surface area contributed by atoms with E-state index in [-0.39, 0.29) is 0 Å². The second-order valence-corrected chi connectivity index (χ2v) is 16.1. The summed E-state index contributed by atoms with van der Waals surface area (Å²) < 4.78 is 1.11. The van der Waals surface area contributed by atoms with Crippen LogP contribution >= 0.6 is 0 Å². The Morgan fingerprint density at radius 1 is 0.340 bits per heavy atom. The molecule has 0 amide bonds. The highest BCUT2D eigenvalue weighted by Gasteiger charge is 2.31. The van der Waals surface area contributed by atoms with E-state index in [9.17, 15) is 0 Å². The summed E-state index contributed by atoms with van der Waals surface area (Å²) in [5.74, 6) is 0. The summed E-state index contributed by atoms with van der Waals surface area (Å²) >= 11 is 0. The molecule has 0 radical (unpaired) electrons. The summed E-state index contributed by atoms with van der Waals surface area (Å²) in [6, 6.07) is 54.5. The second-order valence-electron chi connectivity index (χ2n) is 16.1. The molecule has 0 aliphatic carbocycles. The Hall–Kier alpha value is -3.88. The molecule has 2 heteroatoms. The number of hydrogen-bond acceptors (Lipinski definition) is 0. The number of rotatable bonds is 23. The van der Waals surface area contributed by atoms with Crippen LogP contribution in [0.5, 0.6) is 0 Å². The first-order valence-electron chi connectivity index (χ1n) is 21.3. The highest BCUT2D eigenvalue weighted by molar-refractivity contribution is 7.19. The Bertz CT molecular complexity index is 1420. The van der Waals surface area contributed by atoms with Crippen molar-refractivity contribution in [1.29, 1.82) is 0 Å². The minimum absolute atomic E-state index is 1.11. The maximum Gasteiger partial charge on any atom is 0.108 e. The molecule has 1 nitrogen and oxygen atoms in total. The van der Waals surface area contributed by atoms with Gasteiger partial charge in [0.1, 0.15) is 12.7 Å². The molecule has 282 valence electrons. The molecule has 0 atom stereocenters. The van der Waals surface area contributed by atoms with Crippen molar-refractivity contribution < 1.29 is 4.48 Å². The predicted molar refractivity (Wildman–Crippen MR) is 237 cm³/mol. The molecule has 0 saturated heterocycles. The van der Waals surface area contributed by atoms with E-state index in [0.29, 0.717) is 0 Å². The molecule has 0 heterocycles. The van der Waals surface area contributed by atoms with E-state index in [1.54, 1.807) is 0 Å². The van der Waals surface area contributed by atoms with Crippen LogP contribution < -0.4 is 21.9 Å². The largest absolute Gasteiger partial charge is 0.325 e. The van der Waals surface area contributed by atoms with E-state index < -0.39 is 6.15 Å². The van der Waals surface area contributed by atoms with Gasteiger partial charge in [0.15, 0.2) is 0 Å². The lowest BCUT2D eigenvalue weighted by molar-refractivity contribution is -0.903. The molecule has 5 rings (SSSR count). The summed E-state index contributed by atoms with van der Waals surface area (Å²) in [6.45, 7) is 4.75. The third-order valence-electron chi connectivity index (χ3n) is 11.3. The number of unbranched alkanes of at least 4 members (excludes halogenated alkanes) is 15. The molecule has 0 aromatic heterocycles. The molecule has 0 aliphatic rings. The molecule has 5 aromatic rings. The maximum absolute atomic E-state index is 2.37. The number of quaternary nitrogens is 1. The highest BCUT2D eigenvalue weighted by atomic mass is 15.3. The smallest absolute Gasteiger partial charge is 0.108 e. The van der Waals surface area contributed by atoms with Gasteiger partial charge in [0.05, 0.1) is 20.6 Å². The lowest BCUT2D eigenvalue weighted by Gasteiger charge is -2.44. The zero-order chi connectivity index (χ0) is 37.3. The van der Waals surface area contributed by atoms with Gasteiger partial charge < -0.3 is 4.48 Å². The Kier molecular flexibility index (Phi) is 19.3. The van der Waals surface area contributed by atoms with E-state index in [2.05, 4.69) is 173 Å². The zero-order valence-electron chi connectivity index (χ0n) is 33.7. The predicted octanol–water partition coefficient (Wildman–Crippen LogP) is 11.6. The van der Waals surface area contributed by atoms with Crippen LogP contribution in [0.15, 0.2) is 152 Å². The topological polar surface area (TPSA) is 0 Å². The number of nitrogens with zero attached hydrogens (tertiary/aromatic N) is 1. The lowest BCUT2D eigenvalue weighted by atomic mass is 9.13. The minimum atomic E-state index is -1.22. The van der Waals surface area contributed by atoms with E-state index in [1.165, 1.54) is 137 Å². The van der Waals surface area contributed by atoms with E-state index >= 15 is 0 Å². The van der Waals surface area contributed by atoms with Gasteiger partial charge >= 0.3 is 0 Å². The summed E-state index contributed by atoms with van der Waals surface area (Å²) in [7, 11) is 4.75. The fraction of sp³-hybridized carbons (Fsp3) is 0.412. The monoisotopic (exact) mass is 708 g/mol. The van der Waals surface area contributed by atoms with Gasteiger partial charge in [-0.05, 0) is 12.8 Å². The minimum Gasteiger partial charge on any atom is -0.325 e. The third-order valence-corrected chi connectivity index (χ3v) is 11.3. The van der Waals surface area contributed by atoms with E-state index in [4.69, 9.17) is 0 Å². The van der Waals surface area contributed by atoms with Gasteiger partial charge in [-0.15, -0.1) is 0 Å². The standard InChI is InChI=1S/C27H50N.C24H20B/c1-4-5-6-7-8-9-10-11-12-13-14-15-16-17-18-22-25-28(2,3)26-27-23-20-19-21-24-27;1-5-13-21(14-6-1)25(22-15-7-2-8-16-22,23-17-9-3-10-18-23)24-19-11-4-12-20-24/h19-21,23-24H,4-18,22,25-26H2,1-3H3;1-20H/q+1;-1. The van der Waals surface area contributed by atoms with Crippen LogP contribution in [0, 0.1) is 0 Å². The van der Waals surface area contributed by atoms with Gasteiger partial charge in [-0.2, -0.15) is 21.9 Å². The molecule has 0 saturated carbocycles. The molecule has 0 bridgehead atoms. The van der Waals surface area contributed by atoms with Crippen LogP contribution in [-0.4, -0.2) is 31.3 Å². The van der Waals surface area contributed by atoms with Crippen LogP contribution in [0.1, 0.15) is 115 Å². The van der Waals surface area contributed by atoms with Crippen molar-refractivity contribution in [3.8, 4) is 0 Å². The maximum atomic E-state index is 2.37. The molecular formula is C51H70BN. The summed E-state index contributed by atoms with van der Waals surface area (Å²) in [4.78, 5) is 0. The van der Waals surface area contributed by atoms with Crippen molar-refractivity contribution in [3.63, 3.8) is 0 Å². The van der Waals surface area contributed by atoms with Crippen molar-refractivity contribution in [2.45, 2.75) is 116 Å². The van der Waals surface area contributed by atoms with Crippen molar-refractivity contribution in [1.82, 2.24) is 0 Å². The van der Waals surface area contributed by atoms with E-state index in [0.717, 1.165) is 11.0 Å². The van der Waals surface area contributed by atoms with Gasteiger partial charge in [-0.3, -0.25) is 0 Å². The van der Waals surface area contributed by atoms with E-state index in [1.807, 2.05) is 0 Å². The third kappa shape index (κ3) is 14.5. The number of benzene rings is 5. The average Bonchev–Trinajstić information content (AvgIpc) is 3.20. The van der Waals surface area contributed by atoms with Crippen LogP contribution in [0.3, 0.4) is 0 Å². The quantitative estimate of drug-likeness (QED) is 0.0360. The van der Waals surface area contributed by atoms with Gasteiger partial charge in [0.25, 0.3) is 0 Å². The fourth-order valence-electron chi connectivity index (χ4n) is 8.37. The second kappa shape index (κ2) is 24.4. The molecule has 5 aromatic carbocycles. The van der Waals surface area contributed by atoms with Gasteiger partial charge in [-0.1, -0.05) is 248 Å². The number of hydrogen-bond donors (Lipinski definition) is 0. The molecule has 53 heavy (non-hydrogen) atoms. The molecule has 0 N–H and O–H groups in total. The van der Waals surface area contributed by atoms with Crippen LogP contribution in [0.2, 0.25) is 0 Å². The SMILES string of the molecule is CCCCCCCCCCCCCCCCCC[N+](C)(C)Cc1ccccc1.c1ccc([B-](c2ccccc2)(c2ccccc2)c2ccccc2)cc1. The Balaban J connectivity index is 0.000000237. The van der Waals surface area contributed by atoms with Crippen LogP contribution in [-0.2, 0) is 6.54 Å². The fourth-order valence-corrected chi connectivity index (χ4v) is 8.37. The van der Waals surface area contributed by atoms with Crippen LogP contribution in [0.25, 0.3) is 0 Å². The van der Waals surface area contributed by atoms with Crippen molar-refractivity contribution in [2.75, 3.05) is 20.6 Å². The van der Waals surface area contributed by atoms with Gasteiger partial charge in [0.2, 0.25) is 0 Å².